The van der Waals surface area contributed by atoms with Crippen LogP contribution in [-0.4, -0.2) is 44.2 Å². The Kier molecular flexibility index (Phi) is 7.70. The number of nitro benzene ring substituents is 1. The van der Waals surface area contributed by atoms with Crippen molar-refractivity contribution in [3.8, 4) is 17.6 Å². The Bertz CT molecular complexity index is 985. The number of nitrogens with zero attached hydrogens (tertiary/aromatic N) is 3. The lowest BCUT2D eigenvalue weighted by atomic mass is 10.2. The average Bonchev–Trinajstić information content (AvgIpc) is 2.77. The number of methoxy groups -OCH3 is 2. The fraction of sp³-hybridized carbons (Fsp3) is 0.250. The van der Waals surface area contributed by atoms with Crippen molar-refractivity contribution in [3.63, 3.8) is 0 Å². The van der Waals surface area contributed by atoms with Crippen molar-refractivity contribution < 1.29 is 28.7 Å². The van der Waals surface area contributed by atoms with Crippen LogP contribution in [0.5, 0.6) is 11.5 Å². The molecule has 0 spiro atoms. The summed E-state index contributed by atoms with van der Waals surface area (Å²) in [7, 11) is 2.61. The van der Waals surface area contributed by atoms with E-state index in [-0.39, 0.29) is 24.3 Å². The quantitative estimate of drug-likeness (QED) is 0.348. The van der Waals surface area contributed by atoms with Gasteiger partial charge in [0.05, 0.1) is 42.9 Å². The van der Waals surface area contributed by atoms with Gasteiger partial charge in [0.15, 0.2) is 12.4 Å². The first-order valence-corrected chi connectivity index (χ1v) is 8.72. The minimum absolute atomic E-state index is 0.0208. The number of carbonyl (C=O) groups excluding carboxylic acids is 2. The van der Waals surface area contributed by atoms with Gasteiger partial charge in [0.2, 0.25) is 0 Å². The standard InChI is InChI=1S/C20H19N3O7/c1-28-17-7-4-3-6-15(17)22(11-5-10-21)19(24)13-30-18-9-8-14(20(25)29-2)12-16(18)23(26)27/h3-4,6-9,12H,5,11,13H2,1-2H3. The Morgan fingerprint density at radius 2 is 1.90 bits per heavy atom. The lowest BCUT2D eigenvalue weighted by molar-refractivity contribution is -0.385. The molecular formula is C20H19N3O7. The fourth-order valence-corrected chi connectivity index (χ4v) is 2.64. The minimum atomic E-state index is -0.737. The molecule has 0 atom stereocenters. The second-order valence-electron chi connectivity index (χ2n) is 5.85. The Hall–Kier alpha value is -4.13. The summed E-state index contributed by atoms with van der Waals surface area (Å²) in [5.41, 5.74) is -0.0569. The zero-order valence-electron chi connectivity index (χ0n) is 16.4. The number of hydrogen-bond donors (Lipinski definition) is 0. The molecule has 156 valence electrons. The topological polar surface area (TPSA) is 132 Å². The smallest absolute Gasteiger partial charge is 0.338 e. The highest BCUT2D eigenvalue weighted by molar-refractivity contribution is 5.96. The van der Waals surface area contributed by atoms with Crippen LogP contribution in [0.3, 0.4) is 0 Å². The summed E-state index contributed by atoms with van der Waals surface area (Å²) in [6, 6.07) is 12.3. The molecule has 0 saturated heterocycles. The van der Waals surface area contributed by atoms with Crippen LogP contribution in [0.1, 0.15) is 16.8 Å². The third kappa shape index (κ3) is 5.23. The molecule has 0 aliphatic carbocycles. The number of esters is 1. The average molecular weight is 413 g/mol. The lowest BCUT2D eigenvalue weighted by Crippen LogP contribution is -2.36. The number of para-hydroxylation sites is 2. The van der Waals surface area contributed by atoms with Gasteiger partial charge in [-0.15, -0.1) is 0 Å². The van der Waals surface area contributed by atoms with E-state index in [4.69, 9.17) is 14.7 Å². The Labute approximate surface area is 172 Å². The maximum Gasteiger partial charge on any atom is 0.338 e. The lowest BCUT2D eigenvalue weighted by Gasteiger charge is -2.23. The molecule has 0 N–H and O–H groups in total. The van der Waals surface area contributed by atoms with E-state index in [2.05, 4.69) is 4.74 Å². The molecule has 1 amide bonds. The SMILES string of the molecule is COC(=O)c1ccc(OCC(=O)N(CCC#N)c2ccccc2OC)c([N+](=O)[O-])c1. The van der Waals surface area contributed by atoms with Crippen molar-refractivity contribution in [1.82, 2.24) is 0 Å². The molecule has 10 nitrogen and oxygen atoms in total. The summed E-state index contributed by atoms with van der Waals surface area (Å²) < 4.78 is 15.2. The summed E-state index contributed by atoms with van der Waals surface area (Å²) in [6.07, 6.45) is 0.0672. The largest absolute Gasteiger partial charge is 0.495 e. The van der Waals surface area contributed by atoms with Gasteiger partial charge in [0.25, 0.3) is 5.91 Å². The molecule has 0 unspecified atom stereocenters. The summed E-state index contributed by atoms with van der Waals surface area (Å²) in [5, 5.41) is 20.2. The number of hydrogen-bond acceptors (Lipinski definition) is 8. The van der Waals surface area contributed by atoms with Gasteiger partial charge in [0.1, 0.15) is 5.75 Å². The van der Waals surface area contributed by atoms with Crippen molar-refractivity contribution in [2.75, 3.05) is 32.3 Å². The second kappa shape index (κ2) is 10.4. The molecule has 10 heteroatoms. The zero-order valence-corrected chi connectivity index (χ0v) is 16.4. The molecule has 2 rings (SSSR count). The maximum atomic E-state index is 12.8. The molecule has 30 heavy (non-hydrogen) atoms. The van der Waals surface area contributed by atoms with E-state index in [0.717, 1.165) is 13.2 Å². The molecule has 0 saturated carbocycles. The molecule has 0 aliphatic heterocycles. The molecule has 2 aromatic carbocycles. The molecule has 2 aromatic rings. The highest BCUT2D eigenvalue weighted by atomic mass is 16.6. The Morgan fingerprint density at radius 1 is 1.17 bits per heavy atom. The van der Waals surface area contributed by atoms with Gasteiger partial charge in [-0.25, -0.2) is 4.79 Å². The number of amides is 1. The number of anilines is 1. The van der Waals surface area contributed by atoms with E-state index in [9.17, 15) is 19.7 Å². The van der Waals surface area contributed by atoms with E-state index in [1.54, 1.807) is 24.3 Å². The highest BCUT2D eigenvalue weighted by Gasteiger charge is 2.23. The zero-order chi connectivity index (χ0) is 22.1. The van der Waals surface area contributed by atoms with Gasteiger partial charge in [-0.05, 0) is 24.3 Å². The van der Waals surface area contributed by atoms with Crippen LogP contribution < -0.4 is 14.4 Å². The molecule has 0 fully saturated rings. The number of ether oxygens (including phenoxy) is 3. The summed E-state index contributed by atoms with van der Waals surface area (Å²) in [5.74, 6) is -1.01. The van der Waals surface area contributed by atoms with Crippen molar-refractivity contribution in [3.05, 3.63) is 58.1 Å². The van der Waals surface area contributed by atoms with Crippen molar-refractivity contribution in [2.24, 2.45) is 0 Å². The molecule has 0 aliphatic rings. The number of nitriles is 1. The number of carbonyl (C=O) groups is 2. The van der Waals surface area contributed by atoms with Crippen molar-refractivity contribution in [1.29, 1.82) is 5.26 Å². The minimum Gasteiger partial charge on any atom is -0.495 e. The van der Waals surface area contributed by atoms with E-state index in [1.807, 2.05) is 6.07 Å². The van der Waals surface area contributed by atoms with Crippen LogP contribution in [0.25, 0.3) is 0 Å². The number of nitro groups is 1. The molecule has 0 radical (unpaired) electrons. The van der Waals surface area contributed by atoms with Crippen LogP contribution >= 0.6 is 0 Å². The Balaban J connectivity index is 2.25. The van der Waals surface area contributed by atoms with Gasteiger partial charge in [-0.2, -0.15) is 5.26 Å². The van der Waals surface area contributed by atoms with Gasteiger partial charge >= 0.3 is 11.7 Å². The van der Waals surface area contributed by atoms with Gasteiger partial charge in [-0.1, -0.05) is 12.1 Å². The third-order valence-corrected chi connectivity index (χ3v) is 4.05. The second-order valence-corrected chi connectivity index (χ2v) is 5.85. The third-order valence-electron chi connectivity index (χ3n) is 4.05. The monoisotopic (exact) mass is 413 g/mol. The van der Waals surface area contributed by atoms with Gasteiger partial charge < -0.3 is 19.1 Å². The number of benzene rings is 2. The van der Waals surface area contributed by atoms with E-state index in [0.29, 0.717) is 11.4 Å². The van der Waals surface area contributed by atoms with E-state index in [1.165, 1.54) is 24.1 Å². The maximum absolute atomic E-state index is 12.8. The van der Waals surface area contributed by atoms with Crippen LogP contribution in [0.15, 0.2) is 42.5 Å². The van der Waals surface area contributed by atoms with E-state index < -0.39 is 29.1 Å². The summed E-state index contributed by atoms with van der Waals surface area (Å²) >= 11 is 0. The molecule has 0 aromatic heterocycles. The molecule has 0 bridgehead atoms. The summed E-state index contributed by atoms with van der Waals surface area (Å²) in [6.45, 7) is -0.440. The fourth-order valence-electron chi connectivity index (χ4n) is 2.64. The predicted molar refractivity (Wildman–Crippen MR) is 106 cm³/mol. The highest BCUT2D eigenvalue weighted by Crippen LogP contribution is 2.30. The summed E-state index contributed by atoms with van der Waals surface area (Å²) in [4.78, 5) is 36.3. The van der Waals surface area contributed by atoms with Crippen LogP contribution in [0.2, 0.25) is 0 Å². The first kappa shape index (κ1) is 22.2. The number of rotatable bonds is 9. The van der Waals surface area contributed by atoms with Crippen LogP contribution in [-0.2, 0) is 9.53 Å². The molecule has 0 heterocycles. The normalized spacial score (nSPS) is 9.90. The van der Waals surface area contributed by atoms with Crippen LogP contribution in [0, 0.1) is 21.4 Å². The van der Waals surface area contributed by atoms with Gasteiger partial charge in [0, 0.05) is 12.6 Å². The van der Waals surface area contributed by atoms with Crippen molar-refractivity contribution >= 4 is 23.3 Å². The van der Waals surface area contributed by atoms with Gasteiger partial charge in [-0.3, -0.25) is 14.9 Å². The predicted octanol–water partition coefficient (Wildman–Crippen LogP) is 2.72. The Morgan fingerprint density at radius 3 is 2.53 bits per heavy atom. The van der Waals surface area contributed by atoms with Crippen molar-refractivity contribution in [2.45, 2.75) is 6.42 Å². The first-order chi connectivity index (χ1) is 14.4. The molecular weight excluding hydrogens is 394 g/mol. The van der Waals surface area contributed by atoms with E-state index >= 15 is 0 Å². The van der Waals surface area contributed by atoms with Crippen LogP contribution in [0.4, 0.5) is 11.4 Å². The first-order valence-electron chi connectivity index (χ1n) is 8.72.